The molecule has 0 fully saturated rings. The Balaban J connectivity index is 2.02. The minimum atomic E-state index is -1.50. The number of rotatable bonds is 2. The highest BCUT2D eigenvalue weighted by molar-refractivity contribution is 9.10. The summed E-state index contributed by atoms with van der Waals surface area (Å²) in [6.45, 7) is 1.79. The molecule has 0 spiro atoms. The molecule has 6 heteroatoms. The first kappa shape index (κ1) is 14.9. The number of carbonyl (C=O) groups is 1. The lowest BCUT2D eigenvalue weighted by atomic mass is 9.99. The third-order valence-electron chi connectivity index (χ3n) is 3.51. The maximum absolute atomic E-state index is 12.8. The van der Waals surface area contributed by atoms with Gasteiger partial charge in [-0.15, -0.1) is 0 Å². The molecule has 3 rings (SSSR count). The van der Waals surface area contributed by atoms with Crippen molar-refractivity contribution < 1.29 is 9.90 Å². The van der Waals surface area contributed by atoms with Crippen molar-refractivity contribution in [2.75, 3.05) is 0 Å². The summed E-state index contributed by atoms with van der Waals surface area (Å²) >= 11 is 3.35. The molecule has 1 aromatic carbocycles. The van der Waals surface area contributed by atoms with Crippen LogP contribution in [0, 0.1) is 0 Å². The number of hydrazone groups is 1. The van der Waals surface area contributed by atoms with Gasteiger partial charge in [-0.25, -0.2) is 0 Å². The van der Waals surface area contributed by atoms with Gasteiger partial charge in [-0.3, -0.25) is 9.78 Å². The lowest BCUT2D eigenvalue weighted by Crippen LogP contribution is -2.43. The van der Waals surface area contributed by atoms with Gasteiger partial charge in [-0.2, -0.15) is 10.1 Å². The Bertz CT molecular complexity index is 748. The lowest BCUT2D eigenvalue weighted by molar-refractivity contribution is -0.0767. The Kier molecular flexibility index (Phi) is 3.80. The van der Waals surface area contributed by atoms with E-state index in [4.69, 9.17) is 0 Å². The fraction of sp³-hybridized carbons (Fsp3) is 0.188. The van der Waals surface area contributed by atoms with Gasteiger partial charge >= 0.3 is 0 Å². The highest BCUT2D eigenvalue weighted by atomic mass is 79.9. The van der Waals surface area contributed by atoms with Gasteiger partial charge in [0.15, 0.2) is 5.72 Å². The molecule has 2 aromatic rings. The SMILES string of the molecule is CC1=NN(C(=O)c2cccc(Br)c2)[C@@](O)(c2cccnc2)C1. The van der Waals surface area contributed by atoms with Crippen molar-refractivity contribution in [1.82, 2.24) is 9.99 Å². The van der Waals surface area contributed by atoms with Gasteiger partial charge in [0.25, 0.3) is 5.91 Å². The molecule has 1 N–H and O–H groups in total. The van der Waals surface area contributed by atoms with Crippen molar-refractivity contribution in [3.8, 4) is 0 Å². The van der Waals surface area contributed by atoms with Gasteiger partial charge in [0.2, 0.25) is 0 Å². The molecule has 112 valence electrons. The molecular weight excluding hydrogens is 346 g/mol. The van der Waals surface area contributed by atoms with Gasteiger partial charge < -0.3 is 5.11 Å². The second-order valence-corrected chi connectivity index (χ2v) is 6.11. The number of hydrogen-bond donors (Lipinski definition) is 1. The number of amides is 1. The van der Waals surface area contributed by atoms with Crippen LogP contribution in [0.2, 0.25) is 0 Å². The van der Waals surface area contributed by atoms with Crippen molar-refractivity contribution in [2.24, 2.45) is 5.10 Å². The normalized spacial score (nSPS) is 20.9. The second-order valence-electron chi connectivity index (χ2n) is 5.20. The maximum atomic E-state index is 12.8. The largest absolute Gasteiger partial charge is 0.365 e. The first-order chi connectivity index (χ1) is 10.5. The average Bonchev–Trinajstić information content (AvgIpc) is 2.83. The zero-order valence-electron chi connectivity index (χ0n) is 11.9. The topological polar surface area (TPSA) is 65.8 Å². The Morgan fingerprint density at radius 3 is 2.86 bits per heavy atom. The second kappa shape index (κ2) is 5.62. The Morgan fingerprint density at radius 1 is 1.36 bits per heavy atom. The number of benzene rings is 1. The van der Waals surface area contributed by atoms with Gasteiger partial charge in [-0.1, -0.05) is 28.1 Å². The van der Waals surface area contributed by atoms with Crippen LogP contribution in [0.15, 0.2) is 58.4 Å². The molecule has 0 unspecified atom stereocenters. The van der Waals surface area contributed by atoms with E-state index in [0.29, 0.717) is 16.8 Å². The summed E-state index contributed by atoms with van der Waals surface area (Å²) in [5.41, 5.74) is 0.182. The van der Waals surface area contributed by atoms with E-state index >= 15 is 0 Å². The number of pyridine rings is 1. The number of aromatic nitrogens is 1. The summed E-state index contributed by atoms with van der Waals surface area (Å²) < 4.78 is 0.795. The molecule has 22 heavy (non-hydrogen) atoms. The van der Waals surface area contributed by atoms with Crippen LogP contribution in [0.4, 0.5) is 0 Å². The highest BCUT2D eigenvalue weighted by Crippen LogP contribution is 2.36. The monoisotopic (exact) mass is 359 g/mol. The molecule has 2 heterocycles. The predicted octanol–water partition coefficient (Wildman–Crippen LogP) is 2.91. The van der Waals surface area contributed by atoms with Crippen LogP contribution in [-0.4, -0.2) is 26.7 Å². The molecule has 1 amide bonds. The van der Waals surface area contributed by atoms with Gasteiger partial charge in [0, 0.05) is 40.1 Å². The van der Waals surface area contributed by atoms with Crippen LogP contribution in [0.25, 0.3) is 0 Å². The van der Waals surface area contributed by atoms with Gasteiger partial charge in [0.05, 0.1) is 0 Å². The zero-order chi connectivity index (χ0) is 15.7. The van der Waals surface area contributed by atoms with Crippen LogP contribution in [-0.2, 0) is 5.72 Å². The summed E-state index contributed by atoms with van der Waals surface area (Å²) in [5, 5.41) is 16.4. The molecule has 5 nitrogen and oxygen atoms in total. The van der Waals surface area contributed by atoms with E-state index in [1.807, 2.05) is 6.07 Å². The average molecular weight is 360 g/mol. The molecule has 1 aliphatic heterocycles. The molecule has 0 saturated carbocycles. The number of hydrogen-bond acceptors (Lipinski definition) is 4. The molecule has 0 radical (unpaired) electrons. The smallest absolute Gasteiger partial charge is 0.276 e. The minimum Gasteiger partial charge on any atom is -0.365 e. The Morgan fingerprint density at radius 2 is 2.18 bits per heavy atom. The standard InChI is InChI=1S/C16H14BrN3O2/c1-11-9-16(22,13-5-3-7-18-10-13)20(19-11)15(21)12-4-2-6-14(17)8-12/h2-8,10,22H,9H2,1H3/t16-/m0/s1. The van der Waals surface area contributed by atoms with Gasteiger partial charge in [-0.05, 0) is 31.2 Å². The number of halogens is 1. The minimum absolute atomic E-state index is 0.262. The number of aliphatic hydroxyl groups is 1. The van der Waals surface area contributed by atoms with E-state index in [2.05, 4.69) is 26.0 Å². The van der Waals surface area contributed by atoms with E-state index in [-0.39, 0.29) is 12.3 Å². The highest BCUT2D eigenvalue weighted by Gasteiger charge is 2.45. The van der Waals surface area contributed by atoms with E-state index < -0.39 is 5.72 Å². The lowest BCUT2D eigenvalue weighted by Gasteiger charge is -2.31. The fourth-order valence-corrected chi connectivity index (χ4v) is 2.90. The van der Waals surface area contributed by atoms with Crippen LogP contribution in [0.3, 0.4) is 0 Å². The van der Waals surface area contributed by atoms with Gasteiger partial charge in [0.1, 0.15) is 0 Å². The first-order valence-electron chi connectivity index (χ1n) is 6.78. The summed E-state index contributed by atoms with van der Waals surface area (Å²) in [6.07, 6.45) is 3.43. The molecule has 0 saturated heterocycles. The van der Waals surface area contributed by atoms with Crippen molar-refractivity contribution in [3.63, 3.8) is 0 Å². The summed E-state index contributed by atoms with van der Waals surface area (Å²) in [6, 6.07) is 10.5. The van der Waals surface area contributed by atoms with E-state index in [1.165, 1.54) is 0 Å². The van der Waals surface area contributed by atoms with E-state index in [1.54, 1.807) is 49.6 Å². The third kappa shape index (κ3) is 2.55. The molecule has 1 aromatic heterocycles. The molecule has 0 bridgehead atoms. The Hall–Kier alpha value is -2.05. The number of carbonyl (C=O) groups excluding carboxylic acids is 1. The van der Waals surface area contributed by atoms with Crippen LogP contribution in [0.5, 0.6) is 0 Å². The molecule has 1 aliphatic rings. The fourth-order valence-electron chi connectivity index (χ4n) is 2.50. The number of nitrogens with zero attached hydrogens (tertiary/aromatic N) is 3. The quantitative estimate of drug-likeness (QED) is 0.896. The van der Waals surface area contributed by atoms with Crippen molar-refractivity contribution in [2.45, 2.75) is 19.1 Å². The summed E-state index contributed by atoms with van der Waals surface area (Å²) in [5.74, 6) is -0.357. The van der Waals surface area contributed by atoms with Crippen molar-refractivity contribution in [1.29, 1.82) is 0 Å². The Labute approximate surface area is 136 Å². The van der Waals surface area contributed by atoms with Crippen molar-refractivity contribution in [3.05, 3.63) is 64.4 Å². The molecule has 0 aliphatic carbocycles. The molecule has 1 atom stereocenters. The zero-order valence-corrected chi connectivity index (χ0v) is 13.5. The summed E-state index contributed by atoms with van der Waals surface area (Å²) in [4.78, 5) is 16.8. The van der Waals surface area contributed by atoms with Crippen molar-refractivity contribution >= 4 is 27.5 Å². The predicted molar refractivity (Wildman–Crippen MR) is 86.2 cm³/mol. The van der Waals surface area contributed by atoms with Crippen LogP contribution in [0.1, 0.15) is 29.3 Å². The maximum Gasteiger partial charge on any atom is 0.276 e. The first-order valence-corrected chi connectivity index (χ1v) is 7.57. The summed E-state index contributed by atoms with van der Waals surface area (Å²) in [7, 11) is 0. The van der Waals surface area contributed by atoms with E-state index in [0.717, 1.165) is 9.48 Å². The third-order valence-corrected chi connectivity index (χ3v) is 4.00. The van der Waals surface area contributed by atoms with Crippen LogP contribution >= 0.6 is 15.9 Å². The van der Waals surface area contributed by atoms with E-state index in [9.17, 15) is 9.90 Å². The molecular formula is C16H14BrN3O2. The van der Waals surface area contributed by atoms with Crippen LogP contribution < -0.4 is 0 Å².